The van der Waals surface area contributed by atoms with Crippen LogP contribution in [0.2, 0.25) is 0 Å². The Morgan fingerprint density at radius 2 is 1.83 bits per heavy atom. The van der Waals surface area contributed by atoms with Crippen LogP contribution in [0, 0.1) is 12.8 Å². The van der Waals surface area contributed by atoms with Crippen LogP contribution in [0.5, 0.6) is 0 Å². The van der Waals surface area contributed by atoms with E-state index >= 15 is 0 Å². The Morgan fingerprint density at radius 1 is 1.13 bits per heavy atom. The highest BCUT2D eigenvalue weighted by molar-refractivity contribution is 7.13. The van der Waals surface area contributed by atoms with Crippen LogP contribution in [0.4, 0.5) is 10.8 Å². The van der Waals surface area contributed by atoms with Gasteiger partial charge in [0.25, 0.3) is 0 Å². The highest BCUT2D eigenvalue weighted by Crippen LogP contribution is 2.31. The van der Waals surface area contributed by atoms with E-state index in [0.717, 1.165) is 42.6 Å². The van der Waals surface area contributed by atoms with E-state index in [1.807, 2.05) is 6.92 Å². The molecule has 1 aromatic heterocycles. The molecule has 3 rings (SSSR count). The number of carbonyl (C=O) groups excluding carboxylic acids is 3. The number of hydrogen-bond acceptors (Lipinski definition) is 6. The second-order valence-corrected chi connectivity index (χ2v) is 8.24. The Morgan fingerprint density at radius 3 is 2.53 bits per heavy atom. The number of nitrogens with one attached hydrogen (secondary N) is 2. The van der Waals surface area contributed by atoms with Crippen molar-refractivity contribution in [3.63, 3.8) is 0 Å². The summed E-state index contributed by atoms with van der Waals surface area (Å²) in [6.07, 6.45) is 3.11. The zero-order valence-electron chi connectivity index (χ0n) is 16.6. The van der Waals surface area contributed by atoms with Crippen molar-refractivity contribution in [3.05, 3.63) is 40.4 Å². The summed E-state index contributed by atoms with van der Waals surface area (Å²) in [4.78, 5) is 52.1. The number of anilines is 2. The van der Waals surface area contributed by atoms with Crippen molar-refractivity contribution in [1.29, 1.82) is 0 Å². The van der Waals surface area contributed by atoms with Crippen LogP contribution in [-0.2, 0) is 20.8 Å². The molecule has 1 fully saturated rings. The molecule has 3 N–H and O–H groups in total. The molecule has 1 saturated carbocycles. The number of rotatable bonds is 8. The lowest BCUT2D eigenvalue weighted by atomic mass is 9.94. The second-order valence-electron chi connectivity index (χ2n) is 7.38. The first-order valence-electron chi connectivity index (χ1n) is 9.72. The van der Waals surface area contributed by atoms with Gasteiger partial charge >= 0.3 is 5.97 Å². The lowest BCUT2D eigenvalue weighted by Crippen LogP contribution is -2.23. The molecule has 1 aliphatic carbocycles. The number of amides is 2. The molecule has 0 aliphatic heterocycles. The Balaban J connectivity index is 1.61. The number of nitrogens with zero attached hydrogens (tertiary/aromatic N) is 1. The van der Waals surface area contributed by atoms with Crippen molar-refractivity contribution >= 4 is 45.7 Å². The van der Waals surface area contributed by atoms with E-state index in [-0.39, 0.29) is 23.3 Å². The minimum atomic E-state index is -1.02. The van der Waals surface area contributed by atoms with Crippen LogP contribution < -0.4 is 10.6 Å². The van der Waals surface area contributed by atoms with Gasteiger partial charge in [-0.2, -0.15) is 0 Å². The average Bonchev–Trinajstić information content (AvgIpc) is 3.34. The minimum Gasteiger partial charge on any atom is -0.481 e. The van der Waals surface area contributed by atoms with Crippen molar-refractivity contribution in [3.8, 4) is 0 Å². The first kappa shape index (κ1) is 21.6. The summed E-state index contributed by atoms with van der Waals surface area (Å²) in [5, 5.41) is 15.7. The fourth-order valence-corrected chi connectivity index (χ4v) is 4.21. The van der Waals surface area contributed by atoms with Gasteiger partial charge in [-0.3, -0.25) is 19.2 Å². The van der Waals surface area contributed by atoms with Crippen LogP contribution in [-0.4, -0.2) is 33.7 Å². The van der Waals surface area contributed by atoms with Crippen molar-refractivity contribution in [2.24, 2.45) is 5.92 Å². The zero-order chi connectivity index (χ0) is 21.7. The number of thiazole rings is 1. The molecule has 0 atom stereocenters. The summed E-state index contributed by atoms with van der Waals surface area (Å²) < 4.78 is 0. The molecule has 1 heterocycles. The molecule has 8 nitrogen and oxygen atoms in total. The van der Waals surface area contributed by atoms with Gasteiger partial charge in [0.1, 0.15) is 6.42 Å². The maximum absolute atomic E-state index is 12.9. The lowest BCUT2D eigenvalue weighted by molar-refractivity contribution is -0.136. The molecule has 1 aliphatic rings. The largest absolute Gasteiger partial charge is 0.481 e. The number of aromatic nitrogens is 1. The molecule has 1 aromatic carbocycles. The first-order chi connectivity index (χ1) is 14.3. The topological polar surface area (TPSA) is 125 Å². The molecule has 0 bridgehead atoms. The third-order valence-corrected chi connectivity index (χ3v) is 5.70. The smallest absolute Gasteiger partial charge is 0.309 e. The summed E-state index contributed by atoms with van der Waals surface area (Å²) in [7, 11) is 0. The minimum absolute atomic E-state index is 0.0179. The zero-order valence-corrected chi connectivity index (χ0v) is 17.4. The van der Waals surface area contributed by atoms with Gasteiger partial charge in [-0.25, -0.2) is 4.98 Å². The fourth-order valence-electron chi connectivity index (χ4n) is 3.48. The van der Waals surface area contributed by atoms with Crippen LogP contribution in [0.15, 0.2) is 23.6 Å². The van der Waals surface area contributed by atoms with Crippen molar-refractivity contribution in [2.75, 3.05) is 10.6 Å². The summed E-state index contributed by atoms with van der Waals surface area (Å²) >= 11 is 1.09. The number of carboxylic acid groups (broad SMARTS) is 1. The van der Waals surface area contributed by atoms with Gasteiger partial charge in [0.2, 0.25) is 11.8 Å². The second kappa shape index (κ2) is 9.62. The Labute approximate surface area is 177 Å². The lowest BCUT2D eigenvalue weighted by Gasteiger charge is -2.14. The van der Waals surface area contributed by atoms with Crippen molar-refractivity contribution in [1.82, 2.24) is 4.98 Å². The van der Waals surface area contributed by atoms with Crippen molar-refractivity contribution in [2.45, 2.75) is 45.4 Å². The standard InChI is InChI=1S/C21H23N3O5S/c1-12-6-7-16(15(8-12)20(29)13-4-2-3-5-13)23-17(25)10-18(26)24-21-22-14(11-30-21)9-19(27)28/h6-8,11,13H,2-5,9-10H2,1H3,(H,23,25)(H,27,28)(H,22,24,26). The molecule has 2 aromatic rings. The quantitative estimate of drug-likeness (QED) is 0.436. The number of Topliss-reactive ketones (excluding diaryl/α,β-unsaturated/α-hetero) is 1. The van der Waals surface area contributed by atoms with Gasteiger partial charge in [0.15, 0.2) is 10.9 Å². The maximum Gasteiger partial charge on any atom is 0.309 e. The van der Waals surface area contributed by atoms with Gasteiger partial charge in [-0.1, -0.05) is 24.5 Å². The monoisotopic (exact) mass is 429 g/mol. The number of carboxylic acids is 1. The Hall–Kier alpha value is -3.07. The van der Waals surface area contributed by atoms with Gasteiger partial charge in [0.05, 0.1) is 17.8 Å². The average molecular weight is 429 g/mol. The predicted molar refractivity (Wildman–Crippen MR) is 113 cm³/mol. The summed E-state index contributed by atoms with van der Waals surface area (Å²) in [6, 6.07) is 5.27. The number of benzene rings is 1. The van der Waals surface area contributed by atoms with E-state index in [2.05, 4.69) is 15.6 Å². The van der Waals surface area contributed by atoms with E-state index in [9.17, 15) is 19.2 Å². The van der Waals surface area contributed by atoms with E-state index < -0.39 is 24.2 Å². The maximum atomic E-state index is 12.9. The highest BCUT2D eigenvalue weighted by Gasteiger charge is 2.26. The number of ketones is 1. The molecule has 158 valence electrons. The Kier molecular flexibility index (Phi) is 6.94. The molecule has 0 saturated heterocycles. The summed E-state index contributed by atoms with van der Waals surface area (Å²) in [5.74, 6) is -2.11. The molecular weight excluding hydrogens is 406 g/mol. The molecule has 0 spiro atoms. The van der Waals surface area contributed by atoms with E-state index in [1.54, 1.807) is 18.2 Å². The fraction of sp³-hybridized carbons (Fsp3) is 0.381. The van der Waals surface area contributed by atoms with E-state index in [4.69, 9.17) is 5.11 Å². The normalized spacial score (nSPS) is 13.8. The molecule has 0 radical (unpaired) electrons. The van der Waals surface area contributed by atoms with Gasteiger partial charge in [-0.15, -0.1) is 11.3 Å². The van der Waals surface area contributed by atoms with Crippen LogP contribution in [0.25, 0.3) is 0 Å². The third kappa shape index (κ3) is 5.73. The van der Waals surface area contributed by atoms with Crippen LogP contribution in [0.3, 0.4) is 0 Å². The van der Waals surface area contributed by atoms with Gasteiger partial charge in [-0.05, 0) is 31.9 Å². The number of aliphatic carboxylic acids is 1. The summed E-state index contributed by atoms with van der Waals surface area (Å²) in [6.45, 7) is 1.89. The van der Waals surface area contributed by atoms with Crippen LogP contribution >= 0.6 is 11.3 Å². The number of hydrogen-bond donors (Lipinski definition) is 3. The third-order valence-electron chi connectivity index (χ3n) is 4.89. The predicted octanol–water partition coefficient (Wildman–Crippen LogP) is 3.42. The molecule has 30 heavy (non-hydrogen) atoms. The molecule has 2 amide bonds. The first-order valence-corrected chi connectivity index (χ1v) is 10.6. The highest BCUT2D eigenvalue weighted by atomic mass is 32.1. The Bertz CT molecular complexity index is 979. The molecular formula is C21H23N3O5S. The van der Waals surface area contributed by atoms with Crippen molar-refractivity contribution < 1.29 is 24.3 Å². The summed E-state index contributed by atoms with van der Waals surface area (Å²) in [5.41, 5.74) is 2.15. The SMILES string of the molecule is Cc1ccc(NC(=O)CC(=O)Nc2nc(CC(=O)O)cs2)c(C(=O)C2CCCC2)c1. The van der Waals surface area contributed by atoms with E-state index in [0.29, 0.717) is 16.9 Å². The van der Waals surface area contributed by atoms with Crippen LogP contribution in [0.1, 0.15) is 53.7 Å². The van der Waals surface area contributed by atoms with Gasteiger partial charge < -0.3 is 15.7 Å². The number of aryl methyl sites for hydroxylation is 1. The van der Waals surface area contributed by atoms with E-state index in [1.165, 1.54) is 5.38 Å². The molecule has 0 unspecified atom stereocenters. The van der Waals surface area contributed by atoms with Gasteiger partial charge in [0, 0.05) is 16.9 Å². The molecule has 9 heteroatoms. The number of carbonyl (C=O) groups is 4.